The van der Waals surface area contributed by atoms with Crippen molar-refractivity contribution in [1.29, 1.82) is 0 Å². The Bertz CT molecular complexity index is 941. The van der Waals surface area contributed by atoms with Gasteiger partial charge in [-0.25, -0.2) is 4.98 Å². The van der Waals surface area contributed by atoms with Crippen LogP contribution in [0.4, 0.5) is 5.13 Å². The average molecular weight is 439 g/mol. The predicted molar refractivity (Wildman–Crippen MR) is 112 cm³/mol. The van der Waals surface area contributed by atoms with Gasteiger partial charge in [0.05, 0.1) is 33.8 Å². The van der Waals surface area contributed by atoms with Gasteiger partial charge in [-0.05, 0) is 36.8 Å². The van der Waals surface area contributed by atoms with Gasteiger partial charge in [0, 0.05) is 0 Å². The third kappa shape index (κ3) is 3.53. The van der Waals surface area contributed by atoms with Crippen molar-refractivity contribution < 1.29 is 14.3 Å². The number of nitrogens with one attached hydrogen (secondary N) is 1. The zero-order valence-electron chi connectivity index (χ0n) is 15.2. The molecule has 5 nitrogen and oxygen atoms in total. The van der Waals surface area contributed by atoms with E-state index in [1.54, 1.807) is 0 Å². The molecule has 0 unspecified atom stereocenters. The summed E-state index contributed by atoms with van der Waals surface area (Å²) in [6.45, 7) is 2.02. The number of allylic oxidation sites excluding steroid dienone is 2. The number of anilines is 1. The maximum absolute atomic E-state index is 13.1. The van der Waals surface area contributed by atoms with Crippen molar-refractivity contribution in [3.8, 4) is 0 Å². The number of halogens is 2. The quantitative estimate of drug-likeness (QED) is 0.412. The fourth-order valence-electron chi connectivity index (χ4n) is 4.18. The number of aryl methyl sites for hydroxylation is 1. The van der Waals surface area contributed by atoms with E-state index in [9.17, 15) is 9.59 Å². The molecule has 1 aromatic carbocycles. The number of benzene rings is 1. The Balaban J connectivity index is 1.53. The summed E-state index contributed by atoms with van der Waals surface area (Å²) >= 11 is 13.0. The molecule has 1 aromatic heterocycles. The molecule has 2 bridgehead atoms. The maximum Gasteiger partial charge on any atom is 0.310 e. The van der Waals surface area contributed by atoms with Gasteiger partial charge in [-0.15, -0.1) is 23.2 Å². The first-order valence-corrected chi connectivity index (χ1v) is 11.1. The monoisotopic (exact) mass is 438 g/mol. The summed E-state index contributed by atoms with van der Waals surface area (Å²) in [5, 5.41) is 3.47. The zero-order valence-corrected chi connectivity index (χ0v) is 17.6. The van der Waals surface area contributed by atoms with Gasteiger partial charge >= 0.3 is 5.97 Å². The van der Waals surface area contributed by atoms with E-state index in [1.165, 1.54) is 11.3 Å². The average Bonchev–Trinajstić information content (AvgIpc) is 3.40. The van der Waals surface area contributed by atoms with Crippen LogP contribution in [-0.4, -0.2) is 34.7 Å². The molecule has 0 saturated heterocycles. The fourth-order valence-corrected chi connectivity index (χ4v) is 5.57. The van der Waals surface area contributed by atoms with Crippen molar-refractivity contribution in [3.05, 3.63) is 35.9 Å². The fraction of sp³-hybridized carbons (Fsp3) is 0.450. The number of aromatic nitrogens is 1. The molecule has 28 heavy (non-hydrogen) atoms. The van der Waals surface area contributed by atoms with Gasteiger partial charge < -0.3 is 10.1 Å². The highest BCUT2D eigenvalue weighted by atomic mass is 35.5. The number of nitrogens with zero attached hydrogens (tertiary/aromatic N) is 1. The molecule has 1 heterocycles. The molecular weight excluding hydrogens is 419 g/mol. The van der Waals surface area contributed by atoms with Crippen LogP contribution in [0.5, 0.6) is 0 Å². The summed E-state index contributed by atoms with van der Waals surface area (Å²) in [5.74, 6) is -1.27. The van der Waals surface area contributed by atoms with Crippen LogP contribution in [0.25, 0.3) is 10.2 Å². The zero-order chi connectivity index (χ0) is 19.8. The molecular formula is C20H20Cl2N2O3S. The van der Waals surface area contributed by atoms with Crippen molar-refractivity contribution in [3.63, 3.8) is 0 Å². The number of carbonyl (C=O) groups is 2. The standard InChI is InChI=1S/C20H20Cl2N2O3S/c1-10-3-2-4-14-17(10)28-20(23-14)24-18(25)15-11-5-6-12(7-11)16(15)19(26)27-13(8-21)9-22/h2-6,11-13,15-16H,7-9H2,1H3,(H,23,24,25)/t11-,12-,15+,16+/m0/s1. The second-order valence-electron chi connectivity index (χ2n) is 7.30. The summed E-state index contributed by atoms with van der Waals surface area (Å²) in [4.78, 5) is 30.3. The molecule has 2 aliphatic rings. The van der Waals surface area contributed by atoms with Crippen molar-refractivity contribution >= 4 is 61.8 Å². The van der Waals surface area contributed by atoms with Crippen molar-refractivity contribution in [1.82, 2.24) is 4.98 Å². The van der Waals surface area contributed by atoms with Gasteiger partial charge in [0.25, 0.3) is 0 Å². The highest BCUT2D eigenvalue weighted by Crippen LogP contribution is 2.49. The number of amides is 1. The molecule has 0 aliphatic heterocycles. The molecule has 1 amide bonds. The van der Waals surface area contributed by atoms with E-state index in [4.69, 9.17) is 27.9 Å². The van der Waals surface area contributed by atoms with Crippen LogP contribution in [0, 0.1) is 30.6 Å². The number of esters is 1. The Morgan fingerprint density at radius 3 is 2.64 bits per heavy atom. The predicted octanol–water partition coefficient (Wildman–Crippen LogP) is 4.37. The Morgan fingerprint density at radius 1 is 1.25 bits per heavy atom. The van der Waals surface area contributed by atoms with E-state index in [-0.39, 0.29) is 29.5 Å². The number of hydrogen-bond donors (Lipinski definition) is 1. The lowest BCUT2D eigenvalue weighted by Crippen LogP contribution is -2.39. The first-order valence-electron chi connectivity index (χ1n) is 9.19. The minimum absolute atomic E-state index is 0.0113. The van der Waals surface area contributed by atoms with Crippen LogP contribution in [0.15, 0.2) is 30.4 Å². The third-order valence-corrected chi connectivity index (χ3v) is 7.31. The van der Waals surface area contributed by atoms with Gasteiger partial charge in [0.15, 0.2) is 5.13 Å². The Labute approximate surface area is 177 Å². The lowest BCUT2D eigenvalue weighted by molar-refractivity contribution is -0.156. The number of alkyl halides is 2. The molecule has 4 rings (SSSR count). The molecule has 1 saturated carbocycles. The van der Waals surface area contributed by atoms with Crippen LogP contribution in [0.1, 0.15) is 12.0 Å². The summed E-state index contributed by atoms with van der Waals surface area (Å²) in [6.07, 6.45) is 4.28. The molecule has 148 valence electrons. The molecule has 8 heteroatoms. The minimum Gasteiger partial charge on any atom is -0.460 e. The van der Waals surface area contributed by atoms with Crippen LogP contribution in [0.2, 0.25) is 0 Å². The number of thiazole rings is 1. The normalized spacial score (nSPS) is 25.6. The van der Waals surface area contributed by atoms with E-state index in [0.29, 0.717) is 5.13 Å². The van der Waals surface area contributed by atoms with Crippen LogP contribution in [-0.2, 0) is 14.3 Å². The number of rotatable bonds is 6. The summed E-state index contributed by atoms with van der Waals surface area (Å²) in [5.41, 5.74) is 1.98. The van der Waals surface area contributed by atoms with Crippen LogP contribution < -0.4 is 5.32 Å². The second-order valence-corrected chi connectivity index (χ2v) is 8.92. The van der Waals surface area contributed by atoms with Crippen LogP contribution in [0.3, 0.4) is 0 Å². The van der Waals surface area contributed by atoms with Crippen molar-refractivity contribution in [2.24, 2.45) is 23.7 Å². The summed E-state index contributed by atoms with van der Waals surface area (Å²) in [7, 11) is 0. The first-order chi connectivity index (χ1) is 13.5. The minimum atomic E-state index is -0.546. The number of carbonyl (C=O) groups excluding carboxylic acids is 2. The molecule has 0 radical (unpaired) electrons. The Kier molecular flexibility index (Phi) is 5.63. The smallest absolute Gasteiger partial charge is 0.310 e. The van der Waals surface area contributed by atoms with Gasteiger partial charge in [-0.2, -0.15) is 0 Å². The van der Waals surface area contributed by atoms with Gasteiger partial charge in [-0.3, -0.25) is 9.59 Å². The SMILES string of the molecule is Cc1cccc2nc(NC(=O)[C@H]3[C@H](C(=O)OC(CCl)CCl)[C@H]4C=C[C@H]3C4)sc12. The largest absolute Gasteiger partial charge is 0.460 e. The molecule has 4 atom stereocenters. The lowest BCUT2D eigenvalue weighted by atomic mass is 9.82. The summed E-state index contributed by atoms with van der Waals surface area (Å²) < 4.78 is 6.50. The van der Waals surface area contributed by atoms with Gasteiger partial charge in [0.2, 0.25) is 5.91 Å². The first kappa shape index (κ1) is 19.7. The summed E-state index contributed by atoms with van der Waals surface area (Å²) in [6, 6.07) is 5.89. The van der Waals surface area contributed by atoms with Gasteiger partial charge in [-0.1, -0.05) is 35.6 Å². The molecule has 2 aliphatic carbocycles. The molecule has 2 aromatic rings. The van der Waals surface area contributed by atoms with E-state index >= 15 is 0 Å². The highest BCUT2D eigenvalue weighted by molar-refractivity contribution is 7.22. The van der Waals surface area contributed by atoms with Crippen LogP contribution >= 0.6 is 34.5 Å². The van der Waals surface area contributed by atoms with E-state index in [0.717, 1.165) is 22.2 Å². The Hall–Kier alpha value is -1.63. The van der Waals surface area contributed by atoms with Gasteiger partial charge in [0.1, 0.15) is 6.10 Å². The highest BCUT2D eigenvalue weighted by Gasteiger charge is 2.52. The topological polar surface area (TPSA) is 68.3 Å². The molecule has 1 fully saturated rings. The van der Waals surface area contributed by atoms with E-state index in [2.05, 4.69) is 10.3 Å². The molecule has 1 N–H and O–H groups in total. The Morgan fingerprint density at radius 2 is 1.96 bits per heavy atom. The third-order valence-electron chi connectivity index (χ3n) is 5.50. The lowest BCUT2D eigenvalue weighted by Gasteiger charge is -2.26. The molecule has 0 spiro atoms. The maximum atomic E-state index is 13.1. The number of ether oxygens (including phenoxy) is 1. The number of hydrogen-bond acceptors (Lipinski definition) is 5. The van der Waals surface area contributed by atoms with E-state index < -0.39 is 23.9 Å². The number of fused-ring (bicyclic) bond motifs is 3. The van der Waals surface area contributed by atoms with Crippen molar-refractivity contribution in [2.45, 2.75) is 19.4 Å². The van der Waals surface area contributed by atoms with Crippen molar-refractivity contribution in [2.75, 3.05) is 17.1 Å². The second kappa shape index (κ2) is 8.01. The van der Waals surface area contributed by atoms with E-state index in [1.807, 2.05) is 37.3 Å².